The van der Waals surface area contributed by atoms with Gasteiger partial charge >= 0.3 is 0 Å². The van der Waals surface area contributed by atoms with Crippen molar-refractivity contribution in [3.8, 4) is 0 Å². The predicted octanol–water partition coefficient (Wildman–Crippen LogP) is 4.04. The summed E-state index contributed by atoms with van der Waals surface area (Å²) in [6.07, 6.45) is 4.19. The fourth-order valence-corrected chi connectivity index (χ4v) is 1.97. The maximum absolute atomic E-state index is 3.78. The van der Waals surface area contributed by atoms with Crippen LogP contribution in [-0.4, -0.2) is 0 Å². The van der Waals surface area contributed by atoms with Crippen LogP contribution in [0.3, 0.4) is 0 Å². The van der Waals surface area contributed by atoms with Crippen molar-refractivity contribution in [2.45, 2.75) is 40.5 Å². The zero-order chi connectivity index (χ0) is 10.7. The fourth-order valence-electron chi connectivity index (χ4n) is 1.97. The van der Waals surface area contributed by atoms with E-state index in [4.69, 9.17) is 0 Å². The van der Waals surface area contributed by atoms with E-state index in [0.29, 0.717) is 0 Å². The van der Waals surface area contributed by atoms with Gasteiger partial charge in [-0.15, -0.1) is 6.58 Å². The molecular weight excluding hydrogens is 168 g/mol. The summed E-state index contributed by atoms with van der Waals surface area (Å²) < 4.78 is 0. The van der Waals surface area contributed by atoms with E-state index in [-0.39, 0.29) is 0 Å². The van der Waals surface area contributed by atoms with Gasteiger partial charge in [-0.1, -0.05) is 12.1 Å². The number of hydrogen-bond acceptors (Lipinski definition) is 0. The van der Waals surface area contributed by atoms with E-state index in [2.05, 4.69) is 40.3 Å². The lowest BCUT2D eigenvalue weighted by Crippen LogP contribution is -1.98. The van der Waals surface area contributed by atoms with Gasteiger partial charge in [-0.05, 0) is 68.4 Å². The number of benzene rings is 1. The molecule has 0 amide bonds. The molecule has 14 heavy (non-hydrogen) atoms. The van der Waals surface area contributed by atoms with Crippen LogP contribution < -0.4 is 0 Å². The molecule has 0 heterocycles. The van der Waals surface area contributed by atoms with Crippen molar-refractivity contribution < 1.29 is 0 Å². The SMILES string of the molecule is C=CCCc1c(C)cc(C)c(C)c1C. The van der Waals surface area contributed by atoms with E-state index < -0.39 is 0 Å². The maximum atomic E-state index is 3.78. The molecule has 1 rings (SSSR count). The molecule has 0 aliphatic heterocycles. The maximum Gasteiger partial charge on any atom is -0.0239 e. The third-order valence-corrected chi connectivity index (χ3v) is 3.11. The van der Waals surface area contributed by atoms with Crippen LogP contribution in [0.25, 0.3) is 0 Å². The standard InChI is InChI=1S/C14H20/c1-6-7-8-14-11(3)9-10(2)12(4)13(14)5/h6,9H,1,7-8H2,2-5H3. The first-order valence-electron chi connectivity index (χ1n) is 5.25. The summed E-state index contributed by atoms with van der Waals surface area (Å²) in [7, 11) is 0. The lowest BCUT2D eigenvalue weighted by Gasteiger charge is -2.14. The highest BCUT2D eigenvalue weighted by atomic mass is 14.1. The minimum atomic E-state index is 1.07. The molecule has 0 atom stereocenters. The van der Waals surface area contributed by atoms with E-state index in [1.54, 1.807) is 0 Å². The zero-order valence-corrected chi connectivity index (χ0v) is 9.78. The zero-order valence-electron chi connectivity index (χ0n) is 9.78. The molecule has 0 nitrogen and oxygen atoms in total. The lowest BCUT2D eigenvalue weighted by molar-refractivity contribution is 0.964. The van der Waals surface area contributed by atoms with Crippen molar-refractivity contribution in [2.24, 2.45) is 0 Å². The number of allylic oxidation sites excluding steroid dienone is 1. The molecule has 0 saturated heterocycles. The molecular formula is C14H20. The van der Waals surface area contributed by atoms with E-state index in [1.165, 1.54) is 27.8 Å². The third kappa shape index (κ3) is 2.06. The van der Waals surface area contributed by atoms with Crippen molar-refractivity contribution in [3.05, 3.63) is 46.5 Å². The Hall–Kier alpha value is -1.04. The molecule has 0 fully saturated rings. The molecule has 0 aromatic heterocycles. The lowest BCUT2D eigenvalue weighted by atomic mass is 9.92. The Morgan fingerprint density at radius 2 is 1.71 bits per heavy atom. The molecule has 76 valence electrons. The Bertz CT molecular complexity index is 346. The van der Waals surface area contributed by atoms with Gasteiger partial charge in [-0.3, -0.25) is 0 Å². The van der Waals surface area contributed by atoms with Crippen molar-refractivity contribution in [1.82, 2.24) is 0 Å². The summed E-state index contributed by atoms with van der Waals surface area (Å²) in [5.41, 5.74) is 7.24. The summed E-state index contributed by atoms with van der Waals surface area (Å²) >= 11 is 0. The molecule has 0 spiro atoms. The molecule has 1 aromatic rings. The van der Waals surface area contributed by atoms with E-state index in [1.807, 2.05) is 6.08 Å². The second kappa shape index (κ2) is 4.45. The van der Waals surface area contributed by atoms with Crippen LogP contribution in [0, 0.1) is 27.7 Å². The Kier molecular flexibility index (Phi) is 3.51. The van der Waals surface area contributed by atoms with Crippen LogP contribution in [-0.2, 0) is 6.42 Å². The highest BCUT2D eigenvalue weighted by Crippen LogP contribution is 2.22. The minimum absolute atomic E-state index is 1.07. The van der Waals surface area contributed by atoms with Gasteiger partial charge in [-0.2, -0.15) is 0 Å². The molecule has 0 aliphatic carbocycles. The average Bonchev–Trinajstić information content (AvgIpc) is 2.14. The molecule has 1 aromatic carbocycles. The van der Waals surface area contributed by atoms with Crippen LogP contribution in [0.4, 0.5) is 0 Å². The first-order valence-corrected chi connectivity index (χ1v) is 5.25. The van der Waals surface area contributed by atoms with Gasteiger partial charge in [0.15, 0.2) is 0 Å². The van der Waals surface area contributed by atoms with Crippen molar-refractivity contribution in [2.75, 3.05) is 0 Å². The summed E-state index contributed by atoms with van der Waals surface area (Å²) in [5.74, 6) is 0. The van der Waals surface area contributed by atoms with E-state index in [9.17, 15) is 0 Å². The van der Waals surface area contributed by atoms with Crippen molar-refractivity contribution in [3.63, 3.8) is 0 Å². The van der Waals surface area contributed by atoms with Crippen LogP contribution in [0.5, 0.6) is 0 Å². The molecule has 0 N–H and O–H groups in total. The van der Waals surface area contributed by atoms with E-state index >= 15 is 0 Å². The Morgan fingerprint density at radius 1 is 1.07 bits per heavy atom. The molecule has 0 unspecified atom stereocenters. The number of aryl methyl sites for hydroxylation is 2. The summed E-state index contributed by atoms with van der Waals surface area (Å²) in [6, 6.07) is 2.29. The first-order chi connectivity index (χ1) is 6.57. The number of hydrogen-bond donors (Lipinski definition) is 0. The van der Waals surface area contributed by atoms with Crippen molar-refractivity contribution >= 4 is 0 Å². The second-order valence-electron chi connectivity index (χ2n) is 4.07. The average molecular weight is 188 g/mol. The largest absolute Gasteiger partial charge is 0.103 e. The summed E-state index contributed by atoms with van der Waals surface area (Å²) in [5, 5.41) is 0. The van der Waals surface area contributed by atoms with Crippen LogP contribution in [0.1, 0.15) is 34.2 Å². The molecule has 0 radical (unpaired) electrons. The van der Waals surface area contributed by atoms with Gasteiger partial charge in [0.2, 0.25) is 0 Å². The van der Waals surface area contributed by atoms with Gasteiger partial charge in [0.1, 0.15) is 0 Å². The normalized spacial score (nSPS) is 10.3. The van der Waals surface area contributed by atoms with Gasteiger partial charge in [-0.25, -0.2) is 0 Å². The van der Waals surface area contributed by atoms with Gasteiger partial charge in [0, 0.05) is 0 Å². The highest BCUT2D eigenvalue weighted by molar-refractivity contribution is 5.44. The third-order valence-electron chi connectivity index (χ3n) is 3.11. The van der Waals surface area contributed by atoms with Gasteiger partial charge in [0.25, 0.3) is 0 Å². The highest BCUT2D eigenvalue weighted by Gasteiger charge is 2.06. The van der Waals surface area contributed by atoms with Crippen molar-refractivity contribution in [1.29, 1.82) is 0 Å². The van der Waals surface area contributed by atoms with Crippen LogP contribution >= 0.6 is 0 Å². The Labute approximate surface area is 87.7 Å². The summed E-state index contributed by atoms with van der Waals surface area (Å²) in [6.45, 7) is 12.6. The van der Waals surface area contributed by atoms with Crippen LogP contribution in [0.2, 0.25) is 0 Å². The molecule has 0 aliphatic rings. The molecule has 0 bridgehead atoms. The predicted molar refractivity (Wildman–Crippen MR) is 63.9 cm³/mol. The second-order valence-corrected chi connectivity index (χ2v) is 4.07. The fraction of sp³-hybridized carbons (Fsp3) is 0.429. The Morgan fingerprint density at radius 3 is 2.29 bits per heavy atom. The Balaban J connectivity index is 3.15. The molecule has 0 saturated carbocycles. The summed E-state index contributed by atoms with van der Waals surface area (Å²) in [4.78, 5) is 0. The quantitative estimate of drug-likeness (QED) is 0.628. The minimum Gasteiger partial charge on any atom is -0.103 e. The molecule has 0 heteroatoms. The first kappa shape index (κ1) is 11.0. The van der Waals surface area contributed by atoms with Crippen LogP contribution in [0.15, 0.2) is 18.7 Å². The van der Waals surface area contributed by atoms with Gasteiger partial charge in [0.05, 0.1) is 0 Å². The number of rotatable bonds is 3. The smallest absolute Gasteiger partial charge is 0.0239 e. The van der Waals surface area contributed by atoms with E-state index in [0.717, 1.165) is 12.8 Å². The topological polar surface area (TPSA) is 0 Å². The van der Waals surface area contributed by atoms with Gasteiger partial charge < -0.3 is 0 Å². The monoisotopic (exact) mass is 188 g/mol.